The third-order valence-corrected chi connectivity index (χ3v) is 4.69. The van der Waals surface area contributed by atoms with Crippen LogP contribution in [0.25, 0.3) is 5.57 Å². The molecule has 30 heavy (non-hydrogen) atoms. The van der Waals surface area contributed by atoms with E-state index in [9.17, 15) is 9.59 Å². The number of ether oxygens (including phenoxy) is 5. The van der Waals surface area contributed by atoms with E-state index in [4.69, 9.17) is 23.7 Å². The predicted molar refractivity (Wildman–Crippen MR) is 111 cm³/mol. The molecule has 0 atom stereocenters. The van der Waals surface area contributed by atoms with Gasteiger partial charge in [0.05, 0.1) is 34.0 Å². The number of hydrogen-bond donors (Lipinski definition) is 0. The van der Waals surface area contributed by atoms with E-state index in [2.05, 4.69) is 6.58 Å². The Labute approximate surface area is 174 Å². The number of hydrogen-bond acceptors (Lipinski definition) is 7. The summed E-state index contributed by atoms with van der Waals surface area (Å²) in [4.78, 5) is 26.7. The molecule has 1 aliphatic carbocycles. The Kier molecular flexibility index (Phi) is 6.11. The van der Waals surface area contributed by atoms with Gasteiger partial charge in [-0.25, -0.2) is 0 Å². The summed E-state index contributed by atoms with van der Waals surface area (Å²) in [5.74, 6) is 0.733. The number of benzene rings is 2. The second-order valence-electron chi connectivity index (χ2n) is 6.28. The van der Waals surface area contributed by atoms with Crippen LogP contribution in [0.3, 0.4) is 0 Å². The quantitative estimate of drug-likeness (QED) is 0.614. The second kappa shape index (κ2) is 8.73. The maximum absolute atomic E-state index is 13.5. The minimum atomic E-state index is -0.433. The Morgan fingerprint density at radius 1 is 0.767 bits per heavy atom. The van der Waals surface area contributed by atoms with Crippen molar-refractivity contribution in [2.45, 2.75) is 0 Å². The van der Waals surface area contributed by atoms with Gasteiger partial charge in [-0.15, -0.1) is 0 Å². The third-order valence-electron chi connectivity index (χ3n) is 4.69. The lowest BCUT2D eigenvalue weighted by atomic mass is 9.84. The Bertz CT molecular complexity index is 1050. The normalized spacial score (nSPS) is 12.9. The van der Waals surface area contributed by atoms with Crippen LogP contribution in [0.5, 0.6) is 23.0 Å². The minimum Gasteiger partial charge on any atom is -0.493 e. The third kappa shape index (κ3) is 3.50. The molecular weight excluding hydrogens is 388 g/mol. The number of fused-ring (bicyclic) bond motifs is 1. The number of Topliss-reactive ketones (excluding diaryl/α,β-unsaturated/α-hetero) is 2. The molecular formula is C23H22O7. The molecule has 0 N–H and O–H groups in total. The van der Waals surface area contributed by atoms with E-state index >= 15 is 0 Å². The maximum Gasteiger partial charge on any atom is 0.229 e. The van der Waals surface area contributed by atoms with E-state index in [1.165, 1.54) is 46.6 Å². The molecule has 3 rings (SSSR count). The molecule has 0 aliphatic heterocycles. The summed E-state index contributed by atoms with van der Waals surface area (Å²) in [6, 6.07) is 7.94. The first-order valence-electron chi connectivity index (χ1n) is 9.06. The van der Waals surface area contributed by atoms with Crippen LogP contribution >= 0.6 is 0 Å². The van der Waals surface area contributed by atoms with Crippen LogP contribution in [-0.4, -0.2) is 46.6 Å². The zero-order chi connectivity index (χ0) is 21.8. The number of rotatable bonds is 8. The Hall–Kier alpha value is -3.74. The molecule has 0 unspecified atom stereocenters. The Balaban J connectivity index is 2.25. The summed E-state index contributed by atoms with van der Waals surface area (Å²) in [7, 11) is 5.93. The molecule has 0 radical (unpaired) electrons. The number of methoxy groups -OCH3 is 4. The van der Waals surface area contributed by atoms with Crippen molar-refractivity contribution in [3.63, 3.8) is 0 Å². The topological polar surface area (TPSA) is 80.3 Å². The van der Waals surface area contributed by atoms with E-state index in [0.717, 1.165) is 0 Å². The van der Waals surface area contributed by atoms with Gasteiger partial charge in [0.1, 0.15) is 6.61 Å². The van der Waals surface area contributed by atoms with Crippen LogP contribution in [0.4, 0.5) is 0 Å². The van der Waals surface area contributed by atoms with Crippen molar-refractivity contribution in [2.75, 3.05) is 35.0 Å². The molecule has 0 saturated carbocycles. The number of carbonyl (C=O) groups is 2. The summed E-state index contributed by atoms with van der Waals surface area (Å²) in [6.45, 7) is 3.68. The van der Waals surface area contributed by atoms with E-state index in [1.54, 1.807) is 18.2 Å². The molecule has 0 aromatic heterocycles. The first-order valence-corrected chi connectivity index (χ1v) is 9.06. The first-order chi connectivity index (χ1) is 14.5. The van der Waals surface area contributed by atoms with E-state index in [-0.39, 0.29) is 34.8 Å². The second-order valence-corrected chi connectivity index (χ2v) is 6.28. The molecule has 2 aromatic rings. The maximum atomic E-state index is 13.5. The van der Waals surface area contributed by atoms with Gasteiger partial charge in [0.15, 0.2) is 34.5 Å². The molecule has 1 aliphatic rings. The summed E-state index contributed by atoms with van der Waals surface area (Å²) in [5, 5.41) is 0. The van der Waals surface area contributed by atoms with Crippen LogP contribution in [0, 0.1) is 0 Å². The summed E-state index contributed by atoms with van der Waals surface area (Å²) >= 11 is 0. The number of ketones is 2. The smallest absolute Gasteiger partial charge is 0.229 e. The monoisotopic (exact) mass is 410 g/mol. The molecule has 2 aromatic carbocycles. The fraction of sp³-hybridized carbons (Fsp3) is 0.217. The molecule has 0 bridgehead atoms. The van der Waals surface area contributed by atoms with Crippen LogP contribution in [-0.2, 0) is 4.74 Å². The molecule has 7 nitrogen and oxygen atoms in total. The van der Waals surface area contributed by atoms with Crippen molar-refractivity contribution >= 4 is 17.1 Å². The highest BCUT2D eigenvalue weighted by Crippen LogP contribution is 2.40. The van der Waals surface area contributed by atoms with Gasteiger partial charge >= 0.3 is 0 Å². The van der Waals surface area contributed by atoms with Crippen LogP contribution < -0.4 is 18.9 Å². The standard InChI is InChI=1S/C23H22O7/c1-6-9-30-23-20(13-7-8-16(26-2)17(10-13)27-3)21(24)14-11-18(28-4)19(29-5)12-15(14)22(23)25/h6-8,10-12H,1,9H2,2-5H3. The average Bonchev–Trinajstić information content (AvgIpc) is 2.78. The molecule has 0 saturated heterocycles. The molecule has 156 valence electrons. The van der Waals surface area contributed by atoms with E-state index < -0.39 is 5.78 Å². The van der Waals surface area contributed by atoms with Gasteiger partial charge in [-0.1, -0.05) is 18.7 Å². The fourth-order valence-corrected chi connectivity index (χ4v) is 3.26. The number of allylic oxidation sites excluding steroid dienone is 2. The average molecular weight is 410 g/mol. The van der Waals surface area contributed by atoms with E-state index in [1.807, 2.05) is 0 Å². The predicted octanol–water partition coefficient (Wildman–Crippen LogP) is 3.71. The number of carbonyl (C=O) groups excluding carboxylic acids is 2. The van der Waals surface area contributed by atoms with Gasteiger partial charge in [-0.3, -0.25) is 9.59 Å². The summed E-state index contributed by atoms with van der Waals surface area (Å²) in [5.41, 5.74) is 0.974. The Morgan fingerprint density at radius 3 is 1.83 bits per heavy atom. The minimum absolute atomic E-state index is 0.0631. The van der Waals surface area contributed by atoms with E-state index in [0.29, 0.717) is 28.6 Å². The van der Waals surface area contributed by atoms with Crippen molar-refractivity contribution in [3.8, 4) is 23.0 Å². The van der Waals surface area contributed by atoms with Gasteiger partial charge in [0, 0.05) is 11.1 Å². The lowest BCUT2D eigenvalue weighted by Crippen LogP contribution is -2.23. The van der Waals surface area contributed by atoms with Gasteiger partial charge in [-0.2, -0.15) is 0 Å². The molecule has 7 heteroatoms. The first kappa shape index (κ1) is 21.0. The highest BCUT2D eigenvalue weighted by atomic mass is 16.5. The van der Waals surface area contributed by atoms with Crippen molar-refractivity contribution < 1.29 is 33.3 Å². The van der Waals surface area contributed by atoms with Gasteiger partial charge in [-0.05, 0) is 29.8 Å². The van der Waals surface area contributed by atoms with Gasteiger partial charge in [0.25, 0.3) is 0 Å². The van der Waals surface area contributed by atoms with Crippen molar-refractivity contribution in [1.82, 2.24) is 0 Å². The van der Waals surface area contributed by atoms with Gasteiger partial charge < -0.3 is 23.7 Å². The molecule has 0 spiro atoms. The van der Waals surface area contributed by atoms with Crippen LogP contribution in [0.15, 0.2) is 48.7 Å². The van der Waals surface area contributed by atoms with Crippen LogP contribution in [0.2, 0.25) is 0 Å². The fourth-order valence-electron chi connectivity index (χ4n) is 3.26. The van der Waals surface area contributed by atoms with Crippen molar-refractivity contribution in [1.29, 1.82) is 0 Å². The van der Waals surface area contributed by atoms with Crippen LogP contribution in [0.1, 0.15) is 26.3 Å². The van der Waals surface area contributed by atoms with Crippen molar-refractivity contribution in [3.05, 3.63) is 65.4 Å². The summed E-state index contributed by atoms with van der Waals surface area (Å²) in [6.07, 6.45) is 1.50. The Morgan fingerprint density at radius 2 is 1.30 bits per heavy atom. The summed E-state index contributed by atoms with van der Waals surface area (Å²) < 4.78 is 26.8. The lowest BCUT2D eigenvalue weighted by molar-refractivity contribution is 0.0908. The molecule has 0 fully saturated rings. The van der Waals surface area contributed by atoms with Gasteiger partial charge in [0.2, 0.25) is 5.78 Å². The lowest BCUT2D eigenvalue weighted by Gasteiger charge is -2.23. The zero-order valence-electron chi connectivity index (χ0n) is 17.2. The zero-order valence-corrected chi connectivity index (χ0v) is 17.2. The SMILES string of the molecule is C=CCOC1=C(c2ccc(OC)c(OC)c2)C(=O)c2cc(OC)c(OC)cc2C1=O. The van der Waals surface area contributed by atoms with Crippen molar-refractivity contribution in [2.24, 2.45) is 0 Å². The highest BCUT2D eigenvalue weighted by molar-refractivity contribution is 6.40. The largest absolute Gasteiger partial charge is 0.493 e. The molecule has 0 amide bonds. The molecule has 0 heterocycles. The highest BCUT2D eigenvalue weighted by Gasteiger charge is 2.36.